The molecule has 0 saturated carbocycles. The first kappa shape index (κ1) is 15.6. The van der Waals surface area contributed by atoms with Gasteiger partial charge in [-0.15, -0.1) is 0 Å². The van der Waals surface area contributed by atoms with E-state index in [-0.39, 0.29) is 0 Å². The van der Waals surface area contributed by atoms with E-state index in [1.807, 2.05) is 6.92 Å². The van der Waals surface area contributed by atoms with Gasteiger partial charge in [-0.3, -0.25) is 0 Å². The van der Waals surface area contributed by atoms with Gasteiger partial charge in [0.25, 0.3) is 0 Å². The summed E-state index contributed by atoms with van der Waals surface area (Å²) in [5.41, 5.74) is 0. The predicted molar refractivity (Wildman–Crippen MR) is 51.6 cm³/mol. The van der Waals surface area contributed by atoms with Crippen molar-refractivity contribution < 1.29 is 22.0 Å². The Kier molecular flexibility index (Phi) is 6.17. The Morgan fingerprint density at radius 1 is 1.12 bits per heavy atom. The first-order chi connectivity index (χ1) is 7.20. The summed E-state index contributed by atoms with van der Waals surface area (Å²) < 4.78 is 60.3. The van der Waals surface area contributed by atoms with Crippen LogP contribution in [-0.4, -0.2) is 37.8 Å². The maximum atomic E-state index is 12.5. The van der Waals surface area contributed by atoms with Crippen molar-refractivity contribution in [3.63, 3.8) is 0 Å². The van der Waals surface area contributed by atoms with Gasteiger partial charge in [0.1, 0.15) is 0 Å². The standard InChI is InChI=1S/C9H17F5N2/c1-3-4-15-5-7(2)16-6-8(10,11)9(12,13)14/h7,15-16H,3-6H2,1-2H3. The minimum absolute atomic E-state index is 0.363. The first-order valence-corrected chi connectivity index (χ1v) is 5.09. The van der Waals surface area contributed by atoms with Gasteiger partial charge in [-0.2, -0.15) is 22.0 Å². The molecular formula is C9H17F5N2. The zero-order valence-corrected chi connectivity index (χ0v) is 9.30. The lowest BCUT2D eigenvalue weighted by molar-refractivity contribution is -0.279. The van der Waals surface area contributed by atoms with Crippen LogP contribution in [0.4, 0.5) is 22.0 Å². The third kappa shape index (κ3) is 5.60. The Morgan fingerprint density at radius 3 is 2.12 bits per heavy atom. The average Bonchev–Trinajstić information content (AvgIpc) is 2.13. The second-order valence-electron chi connectivity index (χ2n) is 3.69. The van der Waals surface area contributed by atoms with Gasteiger partial charge in [0.15, 0.2) is 0 Å². The van der Waals surface area contributed by atoms with Crippen molar-refractivity contribution in [3.8, 4) is 0 Å². The smallest absolute Gasteiger partial charge is 0.315 e. The molecule has 0 bridgehead atoms. The minimum Gasteiger partial charge on any atom is -0.315 e. The van der Waals surface area contributed by atoms with Gasteiger partial charge >= 0.3 is 12.1 Å². The SMILES string of the molecule is CCCNCC(C)NCC(F)(F)C(F)(F)F. The molecule has 0 heterocycles. The van der Waals surface area contributed by atoms with Crippen LogP contribution in [0, 0.1) is 0 Å². The number of alkyl halides is 5. The van der Waals surface area contributed by atoms with Crippen molar-refractivity contribution in [2.24, 2.45) is 0 Å². The predicted octanol–water partition coefficient (Wildman–Crippen LogP) is 2.16. The molecule has 0 aliphatic carbocycles. The summed E-state index contributed by atoms with van der Waals surface area (Å²) in [4.78, 5) is 0. The highest BCUT2D eigenvalue weighted by molar-refractivity contribution is 4.80. The molecule has 0 saturated heterocycles. The maximum Gasteiger partial charge on any atom is 0.454 e. The molecule has 0 radical (unpaired) electrons. The molecule has 0 aromatic heterocycles. The number of nitrogens with one attached hydrogen (secondary N) is 2. The fourth-order valence-corrected chi connectivity index (χ4v) is 0.970. The van der Waals surface area contributed by atoms with Crippen LogP contribution in [0.15, 0.2) is 0 Å². The van der Waals surface area contributed by atoms with Crippen LogP contribution < -0.4 is 10.6 Å². The van der Waals surface area contributed by atoms with Crippen LogP contribution >= 0.6 is 0 Å². The fourth-order valence-electron chi connectivity index (χ4n) is 0.970. The van der Waals surface area contributed by atoms with Crippen LogP contribution in [0.1, 0.15) is 20.3 Å². The summed E-state index contributed by atoms with van der Waals surface area (Å²) >= 11 is 0. The van der Waals surface area contributed by atoms with E-state index in [1.54, 1.807) is 6.92 Å². The highest BCUT2D eigenvalue weighted by Gasteiger charge is 2.57. The molecule has 2 nitrogen and oxygen atoms in total. The lowest BCUT2D eigenvalue weighted by atomic mass is 10.2. The van der Waals surface area contributed by atoms with Crippen LogP contribution in [0.25, 0.3) is 0 Å². The van der Waals surface area contributed by atoms with E-state index in [2.05, 4.69) is 10.6 Å². The summed E-state index contributed by atoms with van der Waals surface area (Å²) in [6.07, 6.45) is -4.61. The zero-order chi connectivity index (χ0) is 12.8. The monoisotopic (exact) mass is 248 g/mol. The summed E-state index contributed by atoms with van der Waals surface area (Å²) in [6, 6.07) is -0.431. The number of rotatable bonds is 7. The molecule has 0 aliphatic heterocycles. The molecule has 0 rings (SSSR count). The maximum absolute atomic E-state index is 12.5. The average molecular weight is 248 g/mol. The number of hydrogen-bond acceptors (Lipinski definition) is 2. The quantitative estimate of drug-likeness (QED) is 0.533. The second-order valence-corrected chi connectivity index (χ2v) is 3.69. The van der Waals surface area contributed by atoms with Crippen molar-refractivity contribution in [2.45, 2.75) is 38.4 Å². The topological polar surface area (TPSA) is 24.1 Å². The Morgan fingerprint density at radius 2 is 1.69 bits per heavy atom. The lowest BCUT2D eigenvalue weighted by Crippen LogP contribution is -2.49. The third-order valence-corrected chi connectivity index (χ3v) is 1.96. The van der Waals surface area contributed by atoms with Crippen molar-refractivity contribution in [1.82, 2.24) is 10.6 Å². The molecule has 0 amide bonds. The van der Waals surface area contributed by atoms with Gasteiger partial charge in [-0.25, -0.2) is 0 Å². The molecule has 98 valence electrons. The van der Waals surface area contributed by atoms with E-state index in [9.17, 15) is 22.0 Å². The molecule has 1 unspecified atom stereocenters. The minimum atomic E-state index is -5.49. The van der Waals surface area contributed by atoms with E-state index in [1.165, 1.54) is 0 Å². The molecule has 0 fully saturated rings. The second kappa shape index (κ2) is 6.34. The molecule has 2 N–H and O–H groups in total. The van der Waals surface area contributed by atoms with Gasteiger partial charge in [-0.05, 0) is 19.9 Å². The molecule has 7 heteroatoms. The third-order valence-electron chi connectivity index (χ3n) is 1.96. The normalized spacial score (nSPS) is 15.2. The molecule has 0 aromatic rings. The zero-order valence-electron chi connectivity index (χ0n) is 9.30. The summed E-state index contributed by atoms with van der Waals surface area (Å²) in [7, 11) is 0. The Hall–Kier alpha value is -0.430. The van der Waals surface area contributed by atoms with Gasteiger partial charge in [0.05, 0.1) is 6.54 Å². The van der Waals surface area contributed by atoms with E-state index in [0.717, 1.165) is 6.42 Å². The largest absolute Gasteiger partial charge is 0.454 e. The summed E-state index contributed by atoms with van der Waals surface area (Å²) in [5.74, 6) is -4.67. The highest BCUT2D eigenvalue weighted by atomic mass is 19.4. The fraction of sp³-hybridized carbons (Fsp3) is 1.00. The highest BCUT2D eigenvalue weighted by Crippen LogP contribution is 2.34. The Bertz CT molecular complexity index is 193. The van der Waals surface area contributed by atoms with Crippen molar-refractivity contribution >= 4 is 0 Å². The van der Waals surface area contributed by atoms with E-state index in [0.29, 0.717) is 13.1 Å². The molecule has 16 heavy (non-hydrogen) atoms. The van der Waals surface area contributed by atoms with Crippen molar-refractivity contribution in [1.29, 1.82) is 0 Å². The molecule has 0 aromatic carbocycles. The van der Waals surface area contributed by atoms with Gasteiger partial charge in [0.2, 0.25) is 0 Å². The Balaban J connectivity index is 3.86. The van der Waals surface area contributed by atoms with Crippen LogP contribution in [-0.2, 0) is 0 Å². The van der Waals surface area contributed by atoms with E-state index in [4.69, 9.17) is 0 Å². The molecular weight excluding hydrogens is 231 g/mol. The Labute approximate surface area is 91.6 Å². The van der Waals surface area contributed by atoms with E-state index >= 15 is 0 Å². The van der Waals surface area contributed by atoms with Gasteiger partial charge < -0.3 is 10.6 Å². The van der Waals surface area contributed by atoms with Crippen molar-refractivity contribution in [2.75, 3.05) is 19.6 Å². The summed E-state index contributed by atoms with van der Waals surface area (Å²) in [6.45, 7) is 3.17. The first-order valence-electron chi connectivity index (χ1n) is 5.09. The van der Waals surface area contributed by atoms with Crippen LogP contribution in [0.5, 0.6) is 0 Å². The molecule has 0 aliphatic rings. The van der Waals surface area contributed by atoms with Gasteiger partial charge in [0, 0.05) is 12.6 Å². The summed E-state index contributed by atoms with van der Waals surface area (Å²) in [5, 5.41) is 5.08. The number of halogens is 5. The lowest BCUT2D eigenvalue weighted by Gasteiger charge is -2.22. The van der Waals surface area contributed by atoms with Crippen LogP contribution in [0.3, 0.4) is 0 Å². The van der Waals surface area contributed by atoms with Gasteiger partial charge in [-0.1, -0.05) is 6.92 Å². The van der Waals surface area contributed by atoms with Crippen molar-refractivity contribution in [3.05, 3.63) is 0 Å². The van der Waals surface area contributed by atoms with E-state index < -0.39 is 24.7 Å². The number of hydrogen-bond donors (Lipinski definition) is 2. The molecule has 0 spiro atoms. The van der Waals surface area contributed by atoms with Crippen LogP contribution in [0.2, 0.25) is 0 Å². The molecule has 1 atom stereocenters.